The number of hydrogen-bond acceptors (Lipinski definition) is 23. The van der Waals surface area contributed by atoms with Crippen LogP contribution in [0, 0.1) is 0 Å². The van der Waals surface area contributed by atoms with Crippen LogP contribution >= 0.6 is 0 Å². The van der Waals surface area contributed by atoms with E-state index in [9.17, 15) is 54.1 Å². The number of nitrogens with zero attached hydrogens (tertiary/aromatic N) is 12. The van der Waals surface area contributed by atoms with Gasteiger partial charge in [0.15, 0.2) is 22.5 Å². The molecule has 82 heavy (non-hydrogen) atoms. The van der Waals surface area contributed by atoms with E-state index < -0.39 is 51.5 Å². The Morgan fingerprint density at radius 1 is 0.524 bits per heavy atom. The Bertz CT molecular complexity index is 3850. The summed E-state index contributed by atoms with van der Waals surface area (Å²) < 4.78 is 22.7. The molecule has 0 bridgehead atoms. The number of aromatic nitrogens is 9. The second-order valence-electron chi connectivity index (χ2n) is 17.9. The highest BCUT2D eigenvalue weighted by Crippen LogP contribution is 2.30. The Labute approximate surface area is 462 Å². The van der Waals surface area contributed by atoms with Crippen molar-refractivity contribution >= 4 is 56.8 Å². The maximum absolute atomic E-state index is 13.2. The number of rotatable bonds is 11. The van der Waals surface area contributed by atoms with Gasteiger partial charge in [0.05, 0.1) is 62.4 Å². The van der Waals surface area contributed by atoms with Crippen LogP contribution in [0.5, 0.6) is 17.2 Å². The van der Waals surface area contributed by atoms with E-state index in [2.05, 4.69) is 29.9 Å². The molecule has 426 valence electrons. The Hall–Kier alpha value is -10.1. The smallest absolute Gasteiger partial charge is 0.347 e. The van der Waals surface area contributed by atoms with Crippen LogP contribution in [-0.2, 0) is 32.2 Å². The van der Waals surface area contributed by atoms with Crippen molar-refractivity contribution in [2.75, 3.05) is 85.5 Å². The fourth-order valence-corrected chi connectivity index (χ4v) is 8.71. The highest BCUT2D eigenvalue weighted by atomic mass is 16.7. The fourth-order valence-electron chi connectivity index (χ4n) is 8.71. The summed E-state index contributed by atoms with van der Waals surface area (Å²) in [5.74, 6) is -3.87. The number of hydrogen-bond donors (Lipinski definition) is 4. The lowest BCUT2D eigenvalue weighted by atomic mass is 10.1. The lowest BCUT2D eigenvalue weighted by Gasteiger charge is -2.27. The van der Waals surface area contributed by atoms with Crippen LogP contribution in [0.3, 0.4) is 0 Å². The summed E-state index contributed by atoms with van der Waals surface area (Å²) in [5, 5.41) is 40.7. The summed E-state index contributed by atoms with van der Waals surface area (Å²) in [6.07, 6.45) is 3.33. The minimum absolute atomic E-state index is 0.0152. The van der Waals surface area contributed by atoms with Gasteiger partial charge in [0.25, 0.3) is 28.8 Å². The molecule has 29 heteroatoms. The zero-order chi connectivity index (χ0) is 57.9. The lowest BCUT2D eigenvalue weighted by molar-refractivity contribution is 0.0298. The van der Waals surface area contributed by atoms with Gasteiger partial charge in [-0.25, -0.2) is 34.7 Å². The summed E-state index contributed by atoms with van der Waals surface area (Å²) >= 11 is 0. The molecule has 29 nitrogen and oxygen atoms in total. The molecule has 0 atom stereocenters. The third-order valence-electron chi connectivity index (χ3n) is 12.8. The minimum Gasteiger partial charge on any atom is -0.507 e. The molecule has 11 rings (SSSR count). The van der Waals surface area contributed by atoms with Gasteiger partial charge < -0.3 is 63.8 Å². The Kier molecular flexibility index (Phi) is 17.8. The van der Waals surface area contributed by atoms with Crippen LogP contribution in [0.1, 0.15) is 59.9 Å². The largest absolute Gasteiger partial charge is 0.507 e. The molecule has 3 aliphatic rings. The first kappa shape index (κ1) is 56.6. The molecular formula is C53H52N12O17. The number of benzene rings is 2. The van der Waals surface area contributed by atoms with Crippen molar-refractivity contribution in [3.8, 4) is 17.2 Å². The van der Waals surface area contributed by atoms with Gasteiger partial charge in [-0.3, -0.25) is 28.8 Å². The second kappa shape index (κ2) is 25.8. The maximum atomic E-state index is 13.2. The molecule has 3 amide bonds. The van der Waals surface area contributed by atoms with E-state index in [-0.39, 0.29) is 86.4 Å². The van der Waals surface area contributed by atoms with Crippen LogP contribution in [0.15, 0.2) is 106 Å². The number of amides is 3. The van der Waals surface area contributed by atoms with Crippen molar-refractivity contribution in [1.82, 2.24) is 58.8 Å². The number of fused-ring (bicyclic) bond motifs is 3. The summed E-state index contributed by atoms with van der Waals surface area (Å²) in [6.45, 7) is 6.41. The Balaban J connectivity index is 0.000000152. The van der Waals surface area contributed by atoms with Crippen molar-refractivity contribution in [1.29, 1.82) is 0 Å². The zero-order valence-corrected chi connectivity index (χ0v) is 43.7. The van der Waals surface area contributed by atoms with Gasteiger partial charge in [-0.15, -0.1) is 14.2 Å². The molecule has 3 aliphatic heterocycles. The van der Waals surface area contributed by atoms with E-state index in [4.69, 9.17) is 28.6 Å². The van der Waals surface area contributed by atoms with Gasteiger partial charge in [0.2, 0.25) is 0 Å². The standard InChI is InChI=1S/C22H22N4O7.C19H18N4O5.C12H12N4O5/c1-2-32-22(30)16-18(27)15-17(21(29)25-8-10-31-11-9-25)23-13-24-19(15)26(20(16)28)33-12-14-6-4-3-5-7-14;24-14-10-15(25)23(28-11-13-4-2-1-3-5-13)18-16(14)17(20-12-21-18)19(26)22-6-8-27-9-7-22;17-7-5-8(18)16(20)11-9(7)10(13-6-14-11)12(19)15-1-3-21-4-2-15/h3-7,13,27H,2,8-12H2,1H3;1-5,10,12,24H,6-9,11H2;5-6,17,20H,1-4H2. The maximum Gasteiger partial charge on any atom is 0.347 e. The first-order valence-corrected chi connectivity index (χ1v) is 25.4. The zero-order valence-electron chi connectivity index (χ0n) is 43.7. The van der Waals surface area contributed by atoms with Crippen LogP contribution in [-0.4, -0.2) is 189 Å². The molecule has 0 radical (unpaired) electrons. The van der Waals surface area contributed by atoms with E-state index >= 15 is 0 Å². The Morgan fingerprint density at radius 2 is 0.915 bits per heavy atom. The molecule has 3 saturated heterocycles. The SMILES string of the molecule is CCOC(=O)c1c(O)c2c(C(=O)N3CCOCC3)ncnc2n(OCc2ccccc2)c1=O.O=C(c1ncnc2c1c(O)cc(=O)n2O)N1CCOCC1.O=C(c1ncnc2c1c(O)cc(=O)n2OCc1ccccc1)N1CCOCC1. The molecule has 0 aliphatic carbocycles. The molecule has 9 heterocycles. The molecule has 0 unspecified atom stereocenters. The normalized spacial score (nSPS) is 14.3. The fraction of sp³-hybridized carbons (Fsp3) is 0.302. The van der Waals surface area contributed by atoms with Crippen LogP contribution in [0.2, 0.25) is 0 Å². The number of morpholine rings is 3. The van der Waals surface area contributed by atoms with Crippen molar-refractivity contribution in [3.63, 3.8) is 0 Å². The van der Waals surface area contributed by atoms with E-state index in [1.165, 1.54) is 16.1 Å². The number of carbonyl (C=O) groups is 4. The van der Waals surface area contributed by atoms with Crippen LogP contribution in [0.25, 0.3) is 33.1 Å². The summed E-state index contributed by atoms with van der Waals surface area (Å²) in [4.78, 5) is 128. The van der Waals surface area contributed by atoms with Crippen LogP contribution < -0.4 is 26.4 Å². The average Bonchev–Trinajstić information content (AvgIpc) is 3.35. The van der Waals surface area contributed by atoms with E-state index in [1.807, 2.05) is 48.5 Å². The number of pyridine rings is 3. The molecule has 2 aromatic carbocycles. The number of esters is 1. The first-order valence-electron chi connectivity index (χ1n) is 25.4. The predicted octanol–water partition coefficient (Wildman–Crippen LogP) is 0.580. The molecule has 6 aromatic heterocycles. The quantitative estimate of drug-likeness (QED) is 0.102. The van der Waals surface area contributed by atoms with Gasteiger partial charge in [-0.1, -0.05) is 60.7 Å². The number of carbonyl (C=O) groups excluding carboxylic acids is 4. The third-order valence-corrected chi connectivity index (χ3v) is 12.8. The molecule has 4 N–H and O–H groups in total. The first-order chi connectivity index (χ1) is 39.8. The van der Waals surface area contributed by atoms with Crippen molar-refractivity contribution in [3.05, 3.63) is 157 Å². The van der Waals surface area contributed by atoms with Crippen LogP contribution in [0.4, 0.5) is 0 Å². The molecule has 3 fully saturated rings. The molecule has 8 aromatic rings. The van der Waals surface area contributed by atoms with Gasteiger partial charge in [0.1, 0.15) is 66.5 Å². The average molecular weight is 1130 g/mol. The van der Waals surface area contributed by atoms with Crippen molar-refractivity contribution < 1.29 is 68.3 Å². The second-order valence-corrected chi connectivity index (χ2v) is 17.9. The highest BCUT2D eigenvalue weighted by molar-refractivity contribution is 6.09. The van der Waals surface area contributed by atoms with Gasteiger partial charge in [-0.05, 0) is 18.1 Å². The molecule has 0 saturated carbocycles. The topological polar surface area (TPSA) is 358 Å². The molecular weight excluding hydrogens is 1080 g/mol. The van der Waals surface area contributed by atoms with Crippen molar-refractivity contribution in [2.45, 2.75) is 20.1 Å². The van der Waals surface area contributed by atoms with E-state index in [0.717, 1.165) is 45.4 Å². The van der Waals surface area contributed by atoms with Gasteiger partial charge in [-0.2, -0.15) is 0 Å². The summed E-state index contributed by atoms with van der Waals surface area (Å²) in [7, 11) is 0. The Morgan fingerprint density at radius 3 is 1.37 bits per heavy atom. The summed E-state index contributed by atoms with van der Waals surface area (Å²) in [6, 6.07) is 20.1. The number of ether oxygens (including phenoxy) is 4. The summed E-state index contributed by atoms with van der Waals surface area (Å²) in [5.41, 5.74) is -2.00. The van der Waals surface area contributed by atoms with Gasteiger partial charge >= 0.3 is 11.5 Å². The lowest BCUT2D eigenvalue weighted by Crippen LogP contribution is -2.41. The van der Waals surface area contributed by atoms with E-state index in [0.29, 0.717) is 78.9 Å². The van der Waals surface area contributed by atoms with E-state index in [1.54, 1.807) is 24.0 Å². The third kappa shape index (κ3) is 12.2. The van der Waals surface area contributed by atoms with Gasteiger partial charge in [0, 0.05) is 51.4 Å². The number of aromatic hydroxyl groups is 3. The predicted molar refractivity (Wildman–Crippen MR) is 283 cm³/mol. The minimum atomic E-state index is -1.05. The van der Waals surface area contributed by atoms with Crippen molar-refractivity contribution in [2.24, 2.45) is 0 Å². The monoisotopic (exact) mass is 1130 g/mol. The highest BCUT2D eigenvalue weighted by Gasteiger charge is 2.32. The molecule has 0 spiro atoms.